The topological polar surface area (TPSA) is 70.0 Å². The van der Waals surface area contributed by atoms with Crippen LogP contribution in [-0.2, 0) is 9.59 Å². The molecule has 0 aromatic heterocycles. The maximum absolute atomic E-state index is 11.7. The van der Waals surface area contributed by atoms with Crippen molar-refractivity contribution in [2.75, 3.05) is 5.01 Å². The van der Waals surface area contributed by atoms with Crippen LogP contribution in [-0.4, -0.2) is 22.7 Å². The third-order valence-electron chi connectivity index (χ3n) is 2.62. The maximum Gasteiger partial charge on any atom is 0.352 e. The second-order valence-corrected chi connectivity index (χ2v) is 4.02. The van der Waals surface area contributed by atoms with Gasteiger partial charge in [-0.25, -0.2) is 4.79 Å². The van der Waals surface area contributed by atoms with Crippen molar-refractivity contribution in [2.45, 2.75) is 20.3 Å². The average molecular weight is 232 g/mol. The lowest BCUT2D eigenvalue weighted by Gasteiger charge is -2.14. The number of aliphatic carboxylic acids is 1. The molecule has 1 amide bonds. The van der Waals surface area contributed by atoms with Gasteiger partial charge in [0, 0.05) is 0 Å². The third-order valence-corrected chi connectivity index (χ3v) is 2.62. The number of carboxylic acids is 1. The molecule has 0 bridgehead atoms. The molecule has 5 nitrogen and oxygen atoms in total. The van der Waals surface area contributed by atoms with Gasteiger partial charge in [0.15, 0.2) is 5.71 Å². The molecule has 1 aliphatic rings. The largest absolute Gasteiger partial charge is 0.477 e. The minimum Gasteiger partial charge on any atom is -0.477 e. The van der Waals surface area contributed by atoms with Crippen LogP contribution >= 0.6 is 0 Å². The van der Waals surface area contributed by atoms with Crippen molar-refractivity contribution in [3.05, 3.63) is 29.3 Å². The molecule has 1 N–H and O–H groups in total. The highest BCUT2D eigenvalue weighted by molar-refractivity contribution is 6.42. The molecular weight excluding hydrogens is 220 g/mol. The summed E-state index contributed by atoms with van der Waals surface area (Å²) in [5.74, 6) is -1.46. The van der Waals surface area contributed by atoms with E-state index < -0.39 is 5.97 Å². The summed E-state index contributed by atoms with van der Waals surface area (Å²) in [5.41, 5.74) is 2.42. The number of hydrogen-bond acceptors (Lipinski definition) is 3. The molecule has 2 rings (SSSR count). The van der Waals surface area contributed by atoms with Gasteiger partial charge in [-0.3, -0.25) is 4.79 Å². The standard InChI is InChI=1S/C12H12N2O3/c1-7-3-4-8(2)10(5-7)14-11(15)6-9(13-14)12(16)17/h3-5H,6H2,1-2H3,(H,16,17). The van der Waals surface area contributed by atoms with Gasteiger partial charge in [0.2, 0.25) is 0 Å². The van der Waals surface area contributed by atoms with Crippen LogP contribution in [0.2, 0.25) is 0 Å². The summed E-state index contributed by atoms with van der Waals surface area (Å²) in [6.45, 7) is 3.77. The van der Waals surface area contributed by atoms with Gasteiger partial charge in [-0.1, -0.05) is 12.1 Å². The number of amides is 1. The minimum absolute atomic E-state index is 0.115. The quantitative estimate of drug-likeness (QED) is 0.839. The molecule has 0 unspecified atom stereocenters. The second kappa shape index (κ2) is 4.01. The molecule has 1 aromatic carbocycles. The highest BCUT2D eigenvalue weighted by Gasteiger charge is 2.29. The van der Waals surface area contributed by atoms with E-state index in [-0.39, 0.29) is 18.0 Å². The van der Waals surface area contributed by atoms with Gasteiger partial charge in [-0.2, -0.15) is 10.1 Å². The van der Waals surface area contributed by atoms with E-state index in [0.29, 0.717) is 5.69 Å². The van der Waals surface area contributed by atoms with Crippen molar-refractivity contribution >= 4 is 23.3 Å². The van der Waals surface area contributed by atoms with Gasteiger partial charge in [0.05, 0.1) is 12.1 Å². The lowest BCUT2D eigenvalue weighted by atomic mass is 10.1. The van der Waals surface area contributed by atoms with Crippen molar-refractivity contribution in [3.63, 3.8) is 0 Å². The molecule has 0 radical (unpaired) electrons. The number of aryl methyl sites for hydroxylation is 2. The summed E-state index contributed by atoms with van der Waals surface area (Å²) in [6, 6.07) is 5.63. The summed E-state index contributed by atoms with van der Waals surface area (Å²) in [5, 5.41) is 13.8. The first kappa shape index (κ1) is 11.3. The molecule has 1 aliphatic heterocycles. The first-order valence-corrected chi connectivity index (χ1v) is 5.20. The fourth-order valence-corrected chi connectivity index (χ4v) is 1.68. The summed E-state index contributed by atoms with van der Waals surface area (Å²) < 4.78 is 0. The Bertz CT molecular complexity index is 535. The number of hydrazone groups is 1. The fraction of sp³-hybridized carbons (Fsp3) is 0.250. The van der Waals surface area contributed by atoms with E-state index in [9.17, 15) is 9.59 Å². The van der Waals surface area contributed by atoms with Gasteiger partial charge < -0.3 is 5.11 Å². The first-order chi connectivity index (χ1) is 7.99. The van der Waals surface area contributed by atoms with E-state index in [4.69, 9.17) is 5.11 Å². The molecule has 0 aliphatic carbocycles. The van der Waals surface area contributed by atoms with E-state index in [2.05, 4.69) is 5.10 Å². The molecule has 17 heavy (non-hydrogen) atoms. The molecule has 0 saturated carbocycles. The van der Waals surface area contributed by atoms with Crippen LogP contribution < -0.4 is 5.01 Å². The molecule has 5 heteroatoms. The predicted octanol–water partition coefficient (Wildman–Crippen LogP) is 1.48. The number of nitrogens with zero attached hydrogens (tertiary/aromatic N) is 2. The fourth-order valence-electron chi connectivity index (χ4n) is 1.68. The smallest absolute Gasteiger partial charge is 0.352 e. The Morgan fingerprint density at radius 3 is 2.71 bits per heavy atom. The minimum atomic E-state index is -1.15. The van der Waals surface area contributed by atoms with E-state index in [0.717, 1.165) is 11.1 Å². The SMILES string of the molecule is Cc1ccc(C)c(N2N=C(C(=O)O)CC2=O)c1. The van der Waals surface area contributed by atoms with Gasteiger partial charge in [-0.15, -0.1) is 0 Å². The summed E-state index contributed by atoms with van der Waals surface area (Å²) in [4.78, 5) is 22.5. The van der Waals surface area contributed by atoms with Crippen LogP contribution in [0.15, 0.2) is 23.3 Å². The molecular formula is C12H12N2O3. The molecule has 1 heterocycles. The lowest BCUT2D eigenvalue weighted by Crippen LogP contribution is -2.20. The number of anilines is 1. The van der Waals surface area contributed by atoms with Gasteiger partial charge in [0.1, 0.15) is 0 Å². The number of carbonyl (C=O) groups excluding carboxylic acids is 1. The lowest BCUT2D eigenvalue weighted by molar-refractivity contribution is -0.129. The second-order valence-electron chi connectivity index (χ2n) is 4.02. The zero-order valence-electron chi connectivity index (χ0n) is 9.60. The Labute approximate surface area is 98.4 Å². The molecule has 88 valence electrons. The molecule has 0 saturated heterocycles. The monoisotopic (exact) mass is 232 g/mol. The van der Waals surface area contributed by atoms with Crippen molar-refractivity contribution in [2.24, 2.45) is 5.10 Å². The number of carbonyl (C=O) groups is 2. The van der Waals surface area contributed by atoms with Crippen molar-refractivity contribution < 1.29 is 14.7 Å². The van der Waals surface area contributed by atoms with Crippen LogP contribution in [0.1, 0.15) is 17.5 Å². The Hall–Kier alpha value is -2.17. The average Bonchev–Trinajstić information content (AvgIpc) is 2.64. The Morgan fingerprint density at radius 2 is 2.12 bits per heavy atom. The van der Waals surface area contributed by atoms with E-state index >= 15 is 0 Å². The number of carboxylic acid groups (broad SMARTS) is 1. The molecule has 0 spiro atoms. The van der Waals surface area contributed by atoms with Crippen LogP contribution in [0.3, 0.4) is 0 Å². The van der Waals surface area contributed by atoms with Crippen molar-refractivity contribution in [1.82, 2.24) is 0 Å². The Kier molecular flexibility index (Phi) is 2.67. The van der Waals surface area contributed by atoms with Gasteiger partial charge in [-0.05, 0) is 31.0 Å². The van der Waals surface area contributed by atoms with E-state index in [1.807, 2.05) is 32.0 Å². The number of benzene rings is 1. The van der Waals surface area contributed by atoms with Crippen molar-refractivity contribution in [3.8, 4) is 0 Å². The first-order valence-electron chi connectivity index (χ1n) is 5.20. The van der Waals surface area contributed by atoms with Crippen LogP contribution in [0.25, 0.3) is 0 Å². The normalized spacial score (nSPS) is 15.1. The maximum atomic E-state index is 11.7. The van der Waals surface area contributed by atoms with Crippen LogP contribution in [0, 0.1) is 13.8 Å². The molecule has 1 aromatic rings. The molecule has 0 atom stereocenters. The summed E-state index contributed by atoms with van der Waals surface area (Å²) in [7, 11) is 0. The molecule has 0 fully saturated rings. The van der Waals surface area contributed by atoms with Gasteiger partial charge in [0.25, 0.3) is 5.91 Å². The van der Waals surface area contributed by atoms with Crippen LogP contribution in [0.4, 0.5) is 5.69 Å². The predicted molar refractivity (Wildman–Crippen MR) is 63.1 cm³/mol. The van der Waals surface area contributed by atoms with Crippen molar-refractivity contribution in [1.29, 1.82) is 0 Å². The Balaban J connectivity index is 2.43. The van der Waals surface area contributed by atoms with Crippen LogP contribution in [0.5, 0.6) is 0 Å². The Morgan fingerprint density at radius 1 is 1.41 bits per heavy atom. The van der Waals surface area contributed by atoms with Gasteiger partial charge >= 0.3 is 5.97 Å². The third kappa shape index (κ3) is 2.04. The van der Waals surface area contributed by atoms with E-state index in [1.165, 1.54) is 5.01 Å². The number of rotatable bonds is 2. The highest BCUT2D eigenvalue weighted by Crippen LogP contribution is 2.25. The summed E-state index contributed by atoms with van der Waals surface area (Å²) in [6.07, 6.45) is -0.150. The number of hydrogen-bond donors (Lipinski definition) is 1. The van der Waals surface area contributed by atoms with E-state index in [1.54, 1.807) is 0 Å². The highest BCUT2D eigenvalue weighted by atomic mass is 16.4. The zero-order chi connectivity index (χ0) is 12.6. The zero-order valence-corrected chi connectivity index (χ0v) is 9.60. The summed E-state index contributed by atoms with van der Waals surface area (Å²) >= 11 is 0.